The van der Waals surface area contributed by atoms with Crippen LogP contribution in [-0.4, -0.2) is 6.61 Å². The van der Waals surface area contributed by atoms with Crippen LogP contribution in [0.25, 0.3) is 33.2 Å². The molecule has 0 radical (unpaired) electrons. The average Bonchev–Trinajstić information content (AvgIpc) is 2.84. The molecule has 0 unspecified atom stereocenters. The summed E-state index contributed by atoms with van der Waals surface area (Å²) < 4.78 is 25.8. The second-order valence-electron chi connectivity index (χ2n) is 8.04. The molecule has 0 N–H and O–H groups in total. The SMILES string of the molecule is C=CCCc1ccc(-c2ccc(-c3cc4ccc(OCCCC)c(F)c4c(=O)o3)cc2)cc1. The van der Waals surface area contributed by atoms with Crippen LogP contribution in [0, 0.1) is 5.82 Å². The van der Waals surface area contributed by atoms with Gasteiger partial charge in [0.05, 0.1) is 6.61 Å². The summed E-state index contributed by atoms with van der Waals surface area (Å²) in [4.78, 5) is 12.6. The molecule has 0 saturated heterocycles. The second-order valence-corrected chi connectivity index (χ2v) is 8.04. The molecule has 0 bridgehead atoms. The Morgan fingerprint density at radius 1 is 0.970 bits per heavy atom. The zero-order chi connectivity index (χ0) is 23.2. The molecule has 0 fully saturated rings. The number of benzene rings is 3. The highest BCUT2D eigenvalue weighted by Gasteiger charge is 2.15. The summed E-state index contributed by atoms with van der Waals surface area (Å²) in [7, 11) is 0. The van der Waals surface area contributed by atoms with Gasteiger partial charge in [-0.05, 0) is 53.5 Å². The molecule has 0 aliphatic rings. The van der Waals surface area contributed by atoms with Crippen molar-refractivity contribution in [2.75, 3.05) is 6.61 Å². The van der Waals surface area contributed by atoms with Crippen molar-refractivity contribution in [3.63, 3.8) is 0 Å². The summed E-state index contributed by atoms with van der Waals surface area (Å²) in [6.07, 6.45) is 5.63. The molecule has 0 spiro atoms. The number of aryl methyl sites for hydroxylation is 1. The molecule has 4 rings (SSSR count). The van der Waals surface area contributed by atoms with Crippen LogP contribution in [0.5, 0.6) is 5.75 Å². The molecule has 0 saturated carbocycles. The normalized spacial score (nSPS) is 11.0. The minimum Gasteiger partial charge on any atom is -0.490 e. The standard InChI is InChI=1S/C29H27FO3/c1-3-5-7-20-8-10-21(11-9-20)22-12-14-23(15-13-22)26-19-24-16-17-25(32-18-6-4-2)28(30)27(24)29(31)33-26/h3,8-17,19H,1,4-7,18H2,2H3. The van der Waals surface area contributed by atoms with E-state index >= 15 is 0 Å². The van der Waals surface area contributed by atoms with Crippen molar-refractivity contribution in [2.24, 2.45) is 0 Å². The van der Waals surface area contributed by atoms with Crippen molar-refractivity contribution < 1.29 is 13.5 Å². The zero-order valence-corrected chi connectivity index (χ0v) is 18.8. The van der Waals surface area contributed by atoms with Gasteiger partial charge in [-0.2, -0.15) is 0 Å². The molecule has 0 aliphatic heterocycles. The van der Waals surface area contributed by atoms with Gasteiger partial charge in [-0.15, -0.1) is 6.58 Å². The number of hydrogen-bond acceptors (Lipinski definition) is 3. The van der Waals surface area contributed by atoms with Crippen LogP contribution in [0.1, 0.15) is 31.7 Å². The zero-order valence-electron chi connectivity index (χ0n) is 18.8. The monoisotopic (exact) mass is 442 g/mol. The number of allylic oxidation sites excluding steroid dienone is 1. The number of ether oxygens (including phenoxy) is 1. The molecule has 3 nitrogen and oxygen atoms in total. The predicted molar refractivity (Wildman–Crippen MR) is 132 cm³/mol. The number of rotatable bonds is 9. The number of halogens is 1. The van der Waals surface area contributed by atoms with Crippen LogP contribution in [0.15, 0.2) is 88.6 Å². The van der Waals surface area contributed by atoms with E-state index in [0.29, 0.717) is 17.8 Å². The summed E-state index contributed by atoms with van der Waals surface area (Å²) in [5, 5.41) is 0.404. The van der Waals surface area contributed by atoms with Crippen LogP contribution in [-0.2, 0) is 6.42 Å². The van der Waals surface area contributed by atoms with Gasteiger partial charge in [-0.25, -0.2) is 9.18 Å². The highest BCUT2D eigenvalue weighted by molar-refractivity contribution is 5.86. The van der Waals surface area contributed by atoms with E-state index in [4.69, 9.17) is 9.15 Å². The first-order chi connectivity index (χ1) is 16.1. The Balaban J connectivity index is 1.59. The summed E-state index contributed by atoms with van der Waals surface area (Å²) in [6.45, 7) is 6.21. The third-order valence-electron chi connectivity index (χ3n) is 5.68. The fourth-order valence-electron chi connectivity index (χ4n) is 3.76. The summed E-state index contributed by atoms with van der Waals surface area (Å²) >= 11 is 0. The van der Waals surface area contributed by atoms with Gasteiger partial charge in [0, 0.05) is 5.56 Å². The lowest BCUT2D eigenvalue weighted by atomic mass is 10.00. The topological polar surface area (TPSA) is 39.4 Å². The molecule has 0 amide bonds. The number of fused-ring (bicyclic) bond motifs is 1. The fraction of sp³-hybridized carbons (Fsp3) is 0.207. The average molecular weight is 443 g/mol. The van der Waals surface area contributed by atoms with Crippen molar-refractivity contribution in [1.29, 1.82) is 0 Å². The van der Waals surface area contributed by atoms with Gasteiger partial charge >= 0.3 is 5.63 Å². The lowest BCUT2D eigenvalue weighted by Crippen LogP contribution is -2.06. The van der Waals surface area contributed by atoms with Crippen LogP contribution in [0.3, 0.4) is 0 Å². The van der Waals surface area contributed by atoms with E-state index in [0.717, 1.165) is 42.4 Å². The Bertz CT molecular complexity index is 1300. The minimum atomic E-state index is -0.708. The molecular weight excluding hydrogens is 415 g/mol. The van der Waals surface area contributed by atoms with Crippen molar-refractivity contribution in [1.82, 2.24) is 0 Å². The van der Waals surface area contributed by atoms with Crippen molar-refractivity contribution in [3.8, 4) is 28.2 Å². The lowest BCUT2D eigenvalue weighted by molar-refractivity contribution is 0.295. The predicted octanol–water partition coefficient (Wildman–Crippen LogP) is 7.56. The number of hydrogen-bond donors (Lipinski definition) is 0. The lowest BCUT2D eigenvalue weighted by Gasteiger charge is -2.09. The van der Waals surface area contributed by atoms with Gasteiger partial charge in [0.1, 0.15) is 11.1 Å². The molecule has 1 aromatic heterocycles. The maximum Gasteiger partial charge on any atom is 0.347 e. The van der Waals surface area contributed by atoms with Gasteiger partial charge in [-0.1, -0.05) is 74.0 Å². The quantitative estimate of drug-likeness (QED) is 0.198. The highest BCUT2D eigenvalue weighted by atomic mass is 19.1. The molecular formula is C29H27FO3. The van der Waals surface area contributed by atoms with E-state index < -0.39 is 11.4 Å². The first-order valence-corrected chi connectivity index (χ1v) is 11.3. The Kier molecular flexibility index (Phi) is 7.04. The maximum absolute atomic E-state index is 14.8. The molecule has 1 heterocycles. The van der Waals surface area contributed by atoms with Crippen LogP contribution in [0.4, 0.5) is 4.39 Å². The van der Waals surface area contributed by atoms with E-state index in [-0.39, 0.29) is 11.1 Å². The Morgan fingerprint density at radius 2 is 1.64 bits per heavy atom. The minimum absolute atomic E-state index is 0.0795. The van der Waals surface area contributed by atoms with Crippen molar-refractivity contribution in [2.45, 2.75) is 32.6 Å². The highest BCUT2D eigenvalue weighted by Crippen LogP contribution is 2.29. The Morgan fingerprint density at radius 3 is 2.30 bits per heavy atom. The van der Waals surface area contributed by atoms with Crippen LogP contribution in [0.2, 0.25) is 0 Å². The van der Waals surface area contributed by atoms with E-state index in [9.17, 15) is 9.18 Å². The van der Waals surface area contributed by atoms with Gasteiger partial charge in [-0.3, -0.25) is 0 Å². The van der Waals surface area contributed by atoms with Crippen molar-refractivity contribution >= 4 is 10.8 Å². The van der Waals surface area contributed by atoms with Gasteiger partial charge < -0.3 is 9.15 Å². The van der Waals surface area contributed by atoms with Gasteiger partial charge in [0.15, 0.2) is 11.6 Å². The molecule has 4 aromatic rings. The molecule has 4 heteroatoms. The number of unbranched alkanes of at least 4 members (excludes halogenated alkanes) is 1. The third kappa shape index (κ3) is 5.06. The molecule has 0 aliphatic carbocycles. The Labute approximate surface area is 193 Å². The summed E-state index contributed by atoms with van der Waals surface area (Å²) in [5.41, 5.74) is 3.50. The summed E-state index contributed by atoms with van der Waals surface area (Å²) in [6, 6.07) is 21.2. The van der Waals surface area contributed by atoms with E-state index in [2.05, 4.69) is 30.8 Å². The van der Waals surface area contributed by atoms with Gasteiger partial charge in [0.25, 0.3) is 0 Å². The third-order valence-corrected chi connectivity index (χ3v) is 5.68. The smallest absolute Gasteiger partial charge is 0.347 e. The first-order valence-electron chi connectivity index (χ1n) is 11.3. The first kappa shape index (κ1) is 22.5. The van der Waals surface area contributed by atoms with Crippen LogP contribution < -0.4 is 10.4 Å². The summed E-state index contributed by atoms with van der Waals surface area (Å²) in [5.74, 6) is -0.190. The van der Waals surface area contributed by atoms with E-state index in [1.54, 1.807) is 18.2 Å². The van der Waals surface area contributed by atoms with Gasteiger partial charge in [0.2, 0.25) is 0 Å². The van der Waals surface area contributed by atoms with E-state index in [1.165, 1.54) is 5.56 Å². The fourth-order valence-corrected chi connectivity index (χ4v) is 3.76. The van der Waals surface area contributed by atoms with E-state index in [1.807, 2.05) is 37.3 Å². The largest absolute Gasteiger partial charge is 0.490 e. The molecule has 3 aromatic carbocycles. The molecule has 0 atom stereocenters. The Hall–Kier alpha value is -3.66. The molecule has 33 heavy (non-hydrogen) atoms. The maximum atomic E-state index is 14.8. The van der Waals surface area contributed by atoms with Crippen molar-refractivity contribution in [3.05, 3.63) is 101 Å². The second kappa shape index (κ2) is 10.3. The van der Waals surface area contributed by atoms with Crippen LogP contribution >= 0.6 is 0 Å². The molecule has 168 valence electrons.